The Kier molecular flexibility index (Phi) is 8.84. The molecule has 36 heavy (non-hydrogen) atoms. The van der Waals surface area contributed by atoms with Crippen LogP contribution in [0.15, 0.2) is 47.4 Å². The van der Waals surface area contributed by atoms with Gasteiger partial charge in [0.25, 0.3) is 5.91 Å². The summed E-state index contributed by atoms with van der Waals surface area (Å²) >= 11 is 7.93. The van der Waals surface area contributed by atoms with E-state index in [0.717, 1.165) is 60.9 Å². The van der Waals surface area contributed by atoms with Gasteiger partial charge in [0.05, 0.1) is 14.6 Å². The van der Waals surface area contributed by atoms with Crippen LogP contribution >= 0.6 is 22.9 Å². The minimum atomic E-state index is -3.54. The Balaban J connectivity index is 1.23. The minimum Gasteiger partial charge on any atom is -0.351 e. The average Bonchev–Trinajstić information content (AvgIpc) is 3.33. The molecule has 11 heteroatoms. The molecule has 1 fully saturated rings. The largest absolute Gasteiger partial charge is 0.351 e. The molecule has 1 N–H and O–H groups in total. The maximum absolute atomic E-state index is 12.6. The Morgan fingerprint density at radius 2 is 1.86 bits per heavy atom. The van der Waals surface area contributed by atoms with E-state index >= 15 is 0 Å². The summed E-state index contributed by atoms with van der Waals surface area (Å²) in [4.78, 5) is 22.1. The molecule has 0 aliphatic carbocycles. The molecule has 0 bridgehead atoms. The van der Waals surface area contributed by atoms with E-state index in [9.17, 15) is 13.2 Å². The van der Waals surface area contributed by atoms with Crippen LogP contribution in [-0.4, -0.2) is 81.4 Å². The summed E-state index contributed by atoms with van der Waals surface area (Å²) in [5.41, 5.74) is 1.31. The summed E-state index contributed by atoms with van der Waals surface area (Å²) < 4.78 is 27.7. The Hall–Kier alpha value is -2.24. The number of benzene rings is 2. The van der Waals surface area contributed by atoms with E-state index in [-0.39, 0.29) is 10.8 Å². The highest BCUT2D eigenvalue weighted by molar-refractivity contribution is 7.89. The van der Waals surface area contributed by atoms with E-state index in [1.165, 1.54) is 16.4 Å². The monoisotopic (exact) mass is 549 g/mol. The van der Waals surface area contributed by atoms with Gasteiger partial charge in [-0.25, -0.2) is 17.7 Å². The van der Waals surface area contributed by atoms with Crippen molar-refractivity contribution in [1.82, 2.24) is 19.5 Å². The first-order valence-corrected chi connectivity index (χ1v) is 14.8. The lowest BCUT2D eigenvalue weighted by atomic mass is 10.2. The second kappa shape index (κ2) is 11.9. The zero-order valence-electron chi connectivity index (χ0n) is 20.6. The number of nitrogens with zero attached hydrogens (tertiary/aromatic N) is 4. The number of carbonyl (C=O) groups excluding carboxylic acids is 1. The molecule has 0 unspecified atom stereocenters. The number of amides is 1. The highest BCUT2D eigenvalue weighted by Gasteiger charge is 2.22. The van der Waals surface area contributed by atoms with Gasteiger partial charge in [-0.05, 0) is 42.8 Å². The molecule has 194 valence electrons. The summed E-state index contributed by atoms with van der Waals surface area (Å²) in [5, 5.41) is 4.62. The van der Waals surface area contributed by atoms with Crippen molar-refractivity contribution in [1.29, 1.82) is 0 Å². The van der Waals surface area contributed by atoms with E-state index in [4.69, 9.17) is 16.6 Å². The van der Waals surface area contributed by atoms with E-state index in [1.807, 2.05) is 25.1 Å². The fraction of sp³-hybridized carbons (Fsp3) is 0.440. The second-order valence-electron chi connectivity index (χ2n) is 8.87. The Morgan fingerprint density at radius 3 is 2.53 bits per heavy atom. The second-order valence-corrected chi connectivity index (χ2v) is 12.3. The molecular weight excluding hydrogens is 518 g/mol. The SMILES string of the molecule is CCCCN(C)S(=O)(=O)c1ccc(C(=O)NCCN2CCN(c3nc4c(Cl)cccc4s3)CC2)cc1. The van der Waals surface area contributed by atoms with Crippen LogP contribution in [0.4, 0.5) is 5.13 Å². The van der Waals surface area contributed by atoms with Crippen LogP contribution in [0, 0.1) is 0 Å². The third-order valence-electron chi connectivity index (χ3n) is 6.37. The number of rotatable bonds is 10. The van der Waals surface area contributed by atoms with Crippen molar-refractivity contribution in [2.24, 2.45) is 0 Å². The van der Waals surface area contributed by atoms with Crippen LogP contribution < -0.4 is 10.2 Å². The molecule has 0 saturated carbocycles. The molecular formula is C25H32ClN5O3S2. The van der Waals surface area contributed by atoms with E-state index in [0.29, 0.717) is 23.7 Å². The highest BCUT2D eigenvalue weighted by Crippen LogP contribution is 2.33. The number of unbranched alkanes of at least 4 members (excludes halogenated alkanes) is 1. The van der Waals surface area contributed by atoms with Gasteiger partial charge in [-0.1, -0.05) is 42.3 Å². The van der Waals surface area contributed by atoms with Crippen LogP contribution in [0.1, 0.15) is 30.1 Å². The van der Waals surface area contributed by atoms with Crippen molar-refractivity contribution in [2.45, 2.75) is 24.7 Å². The molecule has 2 aromatic carbocycles. The lowest BCUT2D eigenvalue weighted by Crippen LogP contribution is -2.48. The molecule has 1 saturated heterocycles. The van der Waals surface area contributed by atoms with Gasteiger partial charge in [0, 0.05) is 58.4 Å². The van der Waals surface area contributed by atoms with Gasteiger partial charge in [0.15, 0.2) is 5.13 Å². The maximum Gasteiger partial charge on any atom is 0.251 e. The minimum absolute atomic E-state index is 0.200. The summed E-state index contributed by atoms with van der Waals surface area (Å²) in [5.74, 6) is -0.205. The number of sulfonamides is 1. The van der Waals surface area contributed by atoms with Gasteiger partial charge < -0.3 is 10.2 Å². The first-order chi connectivity index (χ1) is 17.3. The summed E-state index contributed by atoms with van der Waals surface area (Å²) in [6, 6.07) is 12.0. The fourth-order valence-corrected chi connectivity index (χ4v) is 6.62. The van der Waals surface area contributed by atoms with Gasteiger partial charge in [-0.3, -0.25) is 9.69 Å². The van der Waals surface area contributed by atoms with Crippen molar-refractivity contribution < 1.29 is 13.2 Å². The summed E-state index contributed by atoms with van der Waals surface area (Å²) in [6.45, 7) is 7.28. The number of para-hydroxylation sites is 1. The van der Waals surface area contributed by atoms with Crippen LogP contribution in [-0.2, 0) is 10.0 Å². The number of carbonyl (C=O) groups is 1. The number of nitrogens with one attached hydrogen (secondary N) is 1. The lowest BCUT2D eigenvalue weighted by molar-refractivity contribution is 0.0947. The average molecular weight is 550 g/mol. The van der Waals surface area contributed by atoms with Crippen molar-refractivity contribution >= 4 is 54.2 Å². The molecule has 0 spiro atoms. The van der Waals surface area contributed by atoms with Crippen molar-refractivity contribution in [3.63, 3.8) is 0 Å². The van der Waals surface area contributed by atoms with Gasteiger partial charge in [0.2, 0.25) is 10.0 Å². The number of fused-ring (bicyclic) bond motifs is 1. The third-order valence-corrected chi connectivity index (χ3v) is 9.62. The number of hydrogen-bond donors (Lipinski definition) is 1. The molecule has 0 radical (unpaired) electrons. The van der Waals surface area contributed by atoms with Gasteiger partial charge >= 0.3 is 0 Å². The van der Waals surface area contributed by atoms with Crippen LogP contribution in [0.3, 0.4) is 0 Å². The number of anilines is 1. The number of hydrogen-bond acceptors (Lipinski definition) is 7. The Labute approximate surface area is 221 Å². The molecule has 1 amide bonds. The predicted octanol–water partition coefficient (Wildman–Crippen LogP) is 3.92. The highest BCUT2D eigenvalue weighted by atomic mass is 35.5. The Bertz CT molecular complexity index is 1290. The van der Waals surface area contributed by atoms with Crippen molar-refractivity contribution in [3.8, 4) is 0 Å². The molecule has 3 aromatic rings. The zero-order chi connectivity index (χ0) is 25.7. The predicted molar refractivity (Wildman–Crippen MR) is 147 cm³/mol. The number of aromatic nitrogens is 1. The van der Waals surface area contributed by atoms with Crippen LogP contribution in [0.25, 0.3) is 10.2 Å². The van der Waals surface area contributed by atoms with Crippen molar-refractivity contribution in [3.05, 3.63) is 53.1 Å². The fourth-order valence-electron chi connectivity index (χ4n) is 4.09. The Morgan fingerprint density at radius 1 is 1.14 bits per heavy atom. The number of halogens is 1. The third kappa shape index (κ3) is 6.18. The first kappa shape index (κ1) is 26.8. The smallest absolute Gasteiger partial charge is 0.251 e. The number of piperazine rings is 1. The molecule has 1 aromatic heterocycles. The molecule has 0 atom stereocenters. The van der Waals surface area contributed by atoms with E-state index < -0.39 is 10.0 Å². The van der Waals surface area contributed by atoms with E-state index in [1.54, 1.807) is 30.5 Å². The van der Waals surface area contributed by atoms with E-state index in [2.05, 4.69) is 15.1 Å². The quantitative estimate of drug-likeness (QED) is 0.412. The van der Waals surface area contributed by atoms with Crippen LogP contribution in [0.2, 0.25) is 5.02 Å². The molecule has 1 aliphatic heterocycles. The zero-order valence-corrected chi connectivity index (χ0v) is 23.0. The topological polar surface area (TPSA) is 85.8 Å². The van der Waals surface area contributed by atoms with Crippen molar-refractivity contribution in [2.75, 3.05) is 57.8 Å². The normalized spacial score (nSPS) is 15.1. The van der Waals surface area contributed by atoms with Gasteiger partial charge in [0.1, 0.15) is 5.52 Å². The van der Waals surface area contributed by atoms with Gasteiger partial charge in [-0.2, -0.15) is 0 Å². The summed E-state index contributed by atoms with van der Waals surface area (Å²) in [6.07, 6.45) is 1.73. The molecule has 1 aliphatic rings. The molecule has 4 rings (SSSR count). The first-order valence-electron chi connectivity index (χ1n) is 12.2. The maximum atomic E-state index is 12.6. The lowest BCUT2D eigenvalue weighted by Gasteiger charge is -2.34. The van der Waals surface area contributed by atoms with Crippen LogP contribution in [0.5, 0.6) is 0 Å². The summed E-state index contributed by atoms with van der Waals surface area (Å²) in [7, 11) is -1.96. The standard InChI is InChI=1S/C25H32ClN5O3S2/c1-3-4-13-29(2)36(33,34)20-10-8-19(9-11-20)24(32)27-12-14-30-15-17-31(18-16-30)25-28-23-21(26)6-5-7-22(23)35-25/h5-11H,3-4,12-18H2,1-2H3,(H,27,32). The molecule has 2 heterocycles. The number of thiazole rings is 1. The van der Waals surface area contributed by atoms with Gasteiger partial charge in [-0.15, -0.1) is 0 Å². The molecule has 8 nitrogen and oxygen atoms in total.